The molecule has 0 bridgehead atoms. The van der Waals surface area contributed by atoms with Gasteiger partial charge in [0.2, 0.25) is 0 Å². The van der Waals surface area contributed by atoms with Crippen LogP contribution < -0.4 is 0 Å². The van der Waals surface area contributed by atoms with Crippen LogP contribution in [0.2, 0.25) is 0 Å². The van der Waals surface area contributed by atoms with E-state index < -0.39 is 0 Å². The van der Waals surface area contributed by atoms with Gasteiger partial charge in [-0.25, -0.2) is 0 Å². The summed E-state index contributed by atoms with van der Waals surface area (Å²) >= 11 is 0. The lowest BCUT2D eigenvalue weighted by Gasteiger charge is -2.33. The van der Waals surface area contributed by atoms with E-state index in [1.54, 1.807) is 0 Å². The second-order valence-electron chi connectivity index (χ2n) is 8.50. The van der Waals surface area contributed by atoms with Crippen molar-refractivity contribution < 1.29 is 14.3 Å². The van der Waals surface area contributed by atoms with E-state index in [1.807, 2.05) is 31.2 Å². The Kier molecular flexibility index (Phi) is 6.01. The van der Waals surface area contributed by atoms with Gasteiger partial charge in [-0.2, -0.15) is 0 Å². The van der Waals surface area contributed by atoms with Crippen LogP contribution in [0.25, 0.3) is 5.57 Å². The number of carbonyl (C=O) groups is 2. The third-order valence-corrected chi connectivity index (χ3v) is 6.20. The lowest BCUT2D eigenvalue weighted by Crippen LogP contribution is -2.44. The molecule has 1 atom stereocenters. The molecule has 0 N–H and O–H groups in total. The monoisotopic (exact) mass is 397 g/mol. The molecule has 6 heteroatoms. The molecule has 0 spiro atoms. The zero-order valence-electron chi connectivity index (χ0n) is 17.5. The van der Waals surface area contributed by atoms with Crippen LogP contribution in [0.5, 0.6) is 0 Å². The Balaban J connectivity index is 1.61. The van der Waals surface area contributed by atoms with Crippen molar-refractivity contribution in [2.24, 2.45) is 5.92 Å². The van der Waals surface area contributed by atoms with Crippen molar-refractivity contribution in [2.45, 2.75) is 26.7 Å². The van der Waals surface area contributed by atoms with E-state index in [9.17, 15) is 9.59 Å². The van der Waals surface area contributed by atoms with Crippen molar-refractivity contribution in [1.82, 2.24) is 14.7 Å². The SMILES string of the molecule is Cc1ccc(C2=C(N3CCCC(C)C3)C(=O)N(CCN3CCOCC3)C2=O)cc1. The number of carbonyl (C=O) groups excluding carboxylic acids is 2. The molecule has 1 unspecified atom stereocenters. The van der Waals surface area contributed by atoms with Crippen molar-refractivity contribution in [1.29, 1.82) is 0 Å². The summed E-state index contributed by atoms with van der Waals surface area (Å²) in [6.45, 7) is 10.2. The van der Waals surface area contributed by atoms with Crippen molar-refractivity contribution in [3.05, 3.63) is 41.1 Å². The molecule has 6 nitrogen and oxygen atoms in total. The number of rotatable bonds is 5. The maximum Gasteiger partial charge on any atom is 0.277 e. The fourth-order valence-electron chi connectivity index (χ4n) is 4.50. The molecule has 3 aliphatic rings. The molecule has 3 heterocycles. The summed E-state index contributed by atoms with van der Waals surface area (Å²) in [5.74, 6) is 0.245. The van der Waals surface area contributed by atoms with Gasteiger partial charge in [-0.05, 0) is 31.2 Å². The Morgan fingerprint density at radius 2 is 1.72 bits per heavy atom. The van der Waals surface area contributed by atoms with Crippen molar-refractivity contribution >= 4 is 17.4 Å². The van der Waals surface area contributed by atoms with Gasteiger partial charge in [0.05, 0.1) is 18.8 Å². The number of hydrogen-bond acceptors (Lipinski definition) is 5. The first-order valence-corrected chi connectivity index (χ1v) is 10.8. The standard InChI is InChI=1S/C23H31N3O3/c1-17-5-7-19(8-6-17)20-21(25-9-3-4-18(2)16-25)23(28)26(22(20)27)11-10-24-12-14-29-15-13-24/h5-8,18H,3-4,9-16H2,1-2H3. The smallest absolute Gasteiger partial charge is 0.277 e. The molecule has 29 heavy (non-hydrogen) atoms. The zero-order chi connectivity index (χ0) is 20.4. The van der Waals surface area contributed by atoms with Gasteiger partial charge < -0.3 is 9.64 Å². The molecular formula is C23H31N3O3. The van der Waals surface area contributed by atoms with E-state index in [0.29, 0.717) is 43.5 Å². The number of hydrogen-bond donors (Lipinski definition) is 0. The fourth-order valence-corrected chi connectivity index (χ4v) is 4.50. The summed E-state index contributed by atoms with van der Waals surface area (Å²) in [6.07, 6.45) is 2.23. The number of benzene rings is 1. The fraction of sp³-hybridized carbons (Fsp3) is 0.565. The van der Waals surface area contributed by atoms with Gasteiger partial charge in [-0.1, -0.05) is 36.8 Å². The van der Waals surface area contributed by atoms with E-state index in [4.69, 9.17) is 4.74 Å². The van der Waals surface area contributed by atoms with Crippen molar-refractivity contribution in [3.63, 3.8) is 0 Å². The van der Waals surface area contributed by atoms with E-state index in [1.165, 1.54) is 11.3 Å². The van der Waals surface area contributed by atoms with Gasteiger partial charge in [-0.15, -0.1) is 0 Å². The summed E-state index contributed by atoms with van der Waals surface area (Å²) in [4.78, 5) is 32.7. The molecule has 0 aliphatic carbocycles. The number of ether oxygens (including phenoxy) is 1. The van der Waals surface area contributed by atoms with Gasteiger partial charge >= 0.3 is 0 Å². The molecule has 1 aromatic carbocycles. The number of amides is 2. The van der Waals surface area contributed by atoms with Crippen LogP contribution in [0.3, 0.4) is 0 Å². The van der Waals surface area contributed by atoms with Crippen molar-refractivity contribution in [3.8, 4) is 0 Å². The summed E-state index contributed by atoms with van der Waals surface area (Å²) in [7, 11) is 0. The minimum atomic E-state index is -0.152. The van der Waals surface area contributed by atoms with Crippen LogP contribution in [-0.2, 0) is 14.3 Å². The van der Waals surface area contributed by atoms with E-state index in [2.05, 4.69) is 16.7 Å². The molecule has 0 radical (unpaired) electrons. The van der Waals surface area contributed by atoms with Crippen LogP contribution in [0.15, 0.2) is 30.0 Å². The van der Waals surface area contributed by atoms with E-state index in [0.717, 1.165) is 43.7 Å². The summed E-state index contributed by atoms with van der Waals surface area (Å²) < 4.78 is 5.40. The minimum absolute atomic E-state index is 0.132. The zero-order valence-corrected chi connectivity index (χ0v) is 17.5. The number of imide groups is 1. The second-order valence-corrected chi connectivity index (χ2v) is 8.50. The predicted octanol–water partition coefficient (Wildman–Crippen LogP) is 2.14. The van der Waals surface area contributed by atoms with Gasteiger partial charge in [0.15, 0.2) is 0 Å². The van der Waals surface area contributed by atoms with Gasteiger partial charge in [0.1, 0.15) is 5.70 Å². The Morgan fingerprint density at radius 3 is 2.41 bits per heavy atom. The molecule has 156 valence electrons. The van der Waals surface area contributed by atoms with Gasteiger partial charge in [0, 0.05) is 39.3 Å². The summed E-state index contributed by atoms with van der Waals surface area (Å²) in [5, 5.41) is 0. The third-order valence-electron chi connectivity index (χ3n) is 6.20. The normalized spacial score (nSPS) is 24.0. The van der Waals surface area contributed by atoms with Crippen LogP contribution in [0.1, 0.15) is 30.9 Å². The Hall–Kier alpha value is -2.18. The van der Waals surface area contributed by atoms with E-state index >= 15 is 0 Å². The van der Waals surface area contributed by atoms with Crippen LogP contribution in [-0.4, -0.2) is 79.0 Å². The number of nitrogens with zero attached hydrogens (tertiary/aromatic N) is 3. The maximum atomic E-state index is 13.4. The van der Waals surface area contributed by atoms with Crippen molar-refractivity contribution in [2.75, 3.05) is 52.5 Å². The molecular weight excluding hydrogens is 366 g/mol. The molecule has 2 saturated heterocycles. The maximum absolute atomic E-state index is 13.4. The molecule has 3 aliphatic heterocycles. The van der Waals surface area contributed by atoms with Crippen LogP contribution in [0.4, 0.5) is 0 Å². The lowest BCUT2D eigenvalue weighted by atomic mass is 9.97. The van der Waals surface area contributed by atoms with Gasteiger partial charge in [0.25, 0.3) is 11.8 Å². The summed E-state index contributed by atoms with van der Waals surface area (Å²) in [6, 6.07) is 7.95. The molecule has 4 rings (SSSR count). The lowest BCUT2D eigenvalue weighted by molar-refractivity contribution is -0.138. The number of morpholine rings is 1. The highest BCUT2D eigenvalue weighted by molar-refractivity contribution is 6.35. The Morgan fingerprint density at radius 1 is 1.00 bits per heavy atom. The molecule has 0 saturated carbocycles. The predicted molar refractivity (Wildman–Crippen MR) is 112 cm³/mol. The molecule has 1 aromatic rings. The minimum Gasteiger partial charge on any atom is -0.379 e. The van der Waals surface area contributed by atoms with E-state index in [-0.39, 0.29) is 11.8 Å². The highest BCUT2D eigenvalue weighted by Crippen LogP contribution is 2.34. The first-order chi connectivity index (χ1) is 14.0. The Labute approximate surface area is 173 Å². The summed E-state index contributed by atoms with van der Waals surface area (Å²) in [5.41, 5.74) is 3.16. The van der Waals surface area contributed by atoms with Crippen LogP contribution >= 0.6 is 0 Å². The highest BCUT2D eigenvalue weighted by atomic mass is 16.5. The molecule has 2 fully saturated rings. The largest absolute Gasteiger partial charge is 0.379 e. The average molecular weight is 398 g/mol. The first kappa shape index (κ1) is 20.1. The number of aryl methyl sites for hydroxylation is 1. The number of likely N-dealkylation sites (tertiary alicyclic amines) is 1. The van der Waals surface area contributed by atoms with Crippen LogP contribution in [0, 0.1) is 12.8 Å². The first-order valence-electron chi connectivity index (χ1n) is 10.8. The second kappa shape index (κ2) is 8.67. The molecule has 0 aromatic heterocycles. The average Bonchev–Trinajstić information content (AvgIpc) is 2.98. The quantitative estimate of drug-likeness (QED) is 0.713. The topological polar surface area (TPSA) is 53.1 Å². The Bertz CT molecular complexity index is 796. The van der Waals surface area contributed by atoms with Gasteiger partial charge in [-0.3, -0.25) is 19.4 Å². The number of piperidine rings is 1. The third kappa shape index (κ3) is 4.23. The highest BCUT2D eigenvalue weighted by Gasteiger charge is 2.42. The molecule has 2 amide bonds.